The SMILES string of the molecule is O[C@@H]1[C@H]2CCCO[C@@H]2C12CCC2. The molecule has 2 saturated carbocycles. The molecular formula is C10H16O2. The Balaban J connectivity index is 1.80. The fourth-order valence-electron chi connectivity index (χ4n) is 3.36. The molecule has 0 aromatic rings. The third-order valence-corrected chi connectivity index (χ3v) is 4.21. The maximum atomic E-state index is 9.93. The summed E-state index contributed by atoms with van der Waals surface area (Å²) in [4.78, 5) is 0. The molecule has 0 amide bonds. The summed E-state index contributed by atoms with van der Waals surface area (Å²) in [6, 6.07) is 0. The number of fused-ring (bicyclic) bond motifs is 2. The van der Waals surface area contributed by atoms with E-state index in [-0.39, 0.29) is 11.5 Å². The first-order valence-corrected chi connectivity index (χ1v) is 5.14. The lowest BCUT2D eigenvalue weighted by molar-refractivity contribution is -0.285. The van der Waals surface area contributed by atoms with Crippen LogP contribution in [0.5, 0.6) is 0 Å². The molecule has 1 heterocycles. The van der Waals surface area contributed by atoms with Gasteiger partial charge in [-0.15, -0.1) is 0 Å². The molecule has 2 nitrogen and oxygen atoms in total. The first-order chi connectivity index (χ1) is 5.84. The number of rotatable bonds is 0. The largest absolute Gasteiger partial charge is 0.392 e. The number of aliphatic hydroxyl groups excluding tert-OH is 1. The van der Waals surface area contributed by atoms with E-state index in [1.165, 1.54) is 25.7 Å². The summed E-state index contributed by atoms with van der Waals surface area (Å²) in [6.07, 6.45) is 6.43. The Morgan fingerprint density at radius 3 is 2.75 bits per heavy atom. The Bertz CT molecular complexity index is 198. The van der Waals surface area contributed by atoms with Gasteiger partial charge in [0, 0.05) is 17.9 Å². The van der Waals surface area contributed by atoms with Gasteiger partial charge in [0.2, 0.25) is 0 Å². The van der Waals surface area contributed by atoms with E-state index in [0.29, 0.717) is 12.0 Å². The first kappa shape index (κ1) is 7.34. The molecule has 0 aromatic carbocycles. The van der Waals surface area contributed by atoms with Gasteiger partial charge in [-0.2, -0.15) is 0 Å². The molecule has 1 saturated heterocycles. The zero-order valence-electron chi connectivity index (χ0n) is 7.33. The predicted molar refractivity (Wildman–Crippen MR) is 44.8 cm³/mol. The van der Waals surface area contributed by atoms with Crippen LogP contribution >= 0.6 is 0 Å². The molecule has 12 heavy (non-hydrogen) atoms. The summed E-state index contributed by atoms with van der Waals surface area (Å²) in [7, 11) is 0. The topological polar surface area (TPSA) is 29.5 Å². The zero-order valence-corrected chi connectivity index (χ0v) is 7.33. The predicted octanol–water partition coefficient (Wildman–Crippen LogP) is 1.33. The van der Waals surface area contributed by atoms with Crippen LogP contribution in [0.2, 0.25) is 0 Å². The van der Waals surface area contributed by atoms with Gasteiger partial charge in [-0.25, -0.2) is 0 Å². The number of hydrogen-bond donors (Lipinski definition) is 1. The highest BCUT2D eigenvalue weighted by Crippen LogP contribution is 2.62. The summed E-state index contributed by atoms with van der Waals surface area (Å²) in [5, 5.41) is 9.93. The highest BCUT2D eigenvalue weighted by Gasteiger charge is 2.64. The summed E-state index contributed by atoms with van der Waals surface area (Å²) >= 11 is 0. The van der Waals surface area contributed by atoms with Gasteiger partial charge < -0.3 is 9.84 Å². The molecule has 3 aliphatic rings. The van der Waals surface area contributed by atoms with Crippen molar-refractivity contribution in [1.29, 1.82) is 0 Å². The van der Waals surface area contributed by atoms with Crippen molar-refractivity contribution in [1.82, 2.24) is 0 Å². The van der Waals surface area contributed by atoms with Crippen LogP contribution < -0.4 is 0 Å². The van der Waals surface area contributed by atoms with Crippen LogP contribution in [-0.4, -0.2) is 23.9 Å². The van der Waals surface area contributed by atoms with E-state index in [9.17, 15) is 5.11 Å². The van der Waals surface area contributed by atoms with Gasteiger partial charge in [0.25, 0.3) is 0 Å². The molecule has 0 bridgehead atoms. The fraction of sp³-hybridized carbons (Fsp3) is 1.00. The summed E-state index contributed by atoms with van der Waals surface area (Å²) in [5.41, 5.74) is 0.227. The third kappa shape index (κ3) is 0.647. The average molecular weight is 168 g/mol. The fourth-order valence-corrected chi connectivity index (χ4v) is 3.36. The van der Waals surface area contributed by atoms with Crippen LogP contribution in [-0.2, 0) is 4.74 Å². The second-order valence-electron chi connectivity index (χ2n) is 4.63. The molecule has 1 N–H and O–H groups in total. The molecule has 1 spiro atoms. The standard InChI is InChI=1S/C10H16O2/c11-8-7-3-1-6-12-9(7)10(8)4-2-5-10/h7-9,11H,1-6H2/t7-,8-,9+/m1/s1. The van der Waals surface area contributed by atoms with Gasteiger partial charge in [-0.05, 0) is 25.7 Å². The highest BCUT2D eigenvalue weighted by molar-refractivity contribution is 5.14. The molecule has 1 aliphatic heterocycles. The van der Waals surface area contributed by atoms with Gasteiger partial charge in [0.15, 0.2) is 0 Å². The maximum Gasteiger partial charge on any atom is 0.0709 e. The van der Waals surface area contributed by atoms with E-state index in [1.807, 2.05) is 0 Å². The van der Waals surface area contributed by atoms with Crippen molar-refractivity contribution in [2.45, 2.75) is 44.3 Å². The Hall–Kier alpha value is -0.0800. The third-order valence-electron chi connectivity index (χ3n) is 4.21. The quantitative estimate of drug-likeness (QED) is 0.591. The van der Waals surface area contributed by atoms with Gasteiger partial charge in [0.1, 0.15) is 0 Å². The van der Waals surface area contributed by atoms with Crippen LogP contribution in [0.3, 0.4) is 0 Å². The van der Waals surface area contributed by atoms with Gasteiger partial charge in [0.05, 0.1) is 12.2 Å². The van der Waals surface area contributed by atoms with Crippen molar-refractivity contribution in [3.05, 3.63) is 0 Å². The second-order valence-corrected chi connectivity index (χ2v) is 4.63. The van der Waals surface area contributed by atoms with Crippen LogP contribution in [0.4, 0.5) is 0 Å². The summed E-state index contributed by atoms with van der Waals surface area (Å²) in [5.74, 6) is 0.485. The molecule has 0 unspecified atom stereocenters. The molecule has 3 rings (SSSR count). The minimum atomic E-state index is -0.0310. The lowest BCUT2D eigenvalue weighted by Crippen LogP contribution is -2.69. The summed E-state index contributed by atoms with van der Waals surface area (Å²) in [6.45, 7) is 0.926. The van der Waals surface area contributed by atoms with Crippen molar-refractivity contribution in [2.24, 2.45) is 11.3 Å². The van der Waals surface area contributed by atoms with E-state index >= 15 is 0 Å². The summed E-state index contributed by atoms with van der Waals surface area (Å²) < 4.78 is 5.75. The van der Waals surface area contributed by atoms with Crippen LogP contribution in [0.15, 0.2) is 0 Å². The molecule has 2 aliphatic carbocycles. The molecular weight excluding hydrogens is 152 g/mol. The molecule has 3 fully saturated rings. The minimum Gasteiger partial charge on any atom is -0.392 e. The van der Waals surface area contributed by atoms with Gasteiger partial charge >= 0.3 is 0 Å². The molecule has 0 radical (unpaired) electrons. The van der Waals surface area contributed by atoms with Crippen molar-refractivity contribution < 1.29 is 9.84 Å². The van der Waals surface area contributed by atoms with Crippen molar-refractivity contribution in [2.75, 3.05) is 6.61 Å². The average Bonchev–Trinajstić information content (AvgIpc) is 2.01. The second kappa shape index (κ2) is 2.24. The Morgan fingerprint density at radius 1 is 1.25 bits per heavy atom. The van der Waals surface area contributed by atoms with Crippen LogP contribution in [0, 0.1) is 11.3 Å². The Morgan fingerprint density at radius 2 is 2.08 bits per heavy atom. The zero-order chi connectivity index (χ0) is 8.18. The minimum absolute atomic E-state index is 0.0310. The van der Waals surface area contributed by atoms with E-state index in [2.05, 4.69) is 0 Å². The van der Waals surface area contributed by atoms with E-state index in [0.717, 1.165) is 13.0 Å². The van der Waals surface area contributed by atoms with Crippen LogP contribution in [0.25, 0.3) is 0 Å². The van der Waals surface area contributed by atoms with Gasteiger partial charge in [-0.3, -0.25) is 0 Å². The van der Waals surface area contributed by atoms with Gasteiger partial charge in [-0.1, -0.05) is 6.42 Å². The van der Waals surface area contributed by atoms with Crippen molar-refractivity contribution >= 4 is 0 Å². The van der Waals surface area contributed by atoms with Crippen molar-refractivity contribution in [3.8, 4) is 0 Å². The Labute approximate surface area is 72.9 Å². The van der Waals surface area contributed by atoms with E-state index in [4.69, 9.17) is 4.74 Å². The van der Waals surface area contributed by atoms with Crippen LogP contribution in [0.1, 0.15) is 32.1 Å². The molecule has 2 heteroatoms. The monoisotopic (exact) mass is 168 g/mol. The first-order valence-electron chi connectivity index (χ1n) is 5.14. The molecule has 68 valence electrons. The van der Waals surface area contributed by atoms with Crippen molar-refractivity contribution in [3.63, 3.8) is 0 Å². The lowest BCUT2D eigenvalue weighted by atomic mass is 9.46. The molecule has 3 atom stereocenters. The Kier molecular flexibility index (Phi) is 1.37. The van der Waals surface area contributed by atoms with E-state index in [1.54, 1.807) is 0 Å². The normalized spacial score (nSPS) is 49.2. The number of hydrogen-bond acceptors (Lipinski definition) is 2. The smallest absolute Gasteiger partial charge is 0.0709 e. The number of aliphatic hydroxyl groups is 1. The molecule has 0 aromatic heterocycles. The van der Waals surface area contributed by atoms with E-state index < -0.39 is 0 Å². The maximum absolute atomic E-state index is 9.93. The highest BCUT2D eigenvalue weighted by atomic mass is 16.5. The number of ether oxygens (including phenoxy) is 1. The lowest BCUT2D eigenvalue weighted by Gasteiger charge is -2.64.